The maximum Gasteiger partial charge on any atom is 0.472 e. The molecule has 0 bridgehead atoms. The summed E-state index contributed by atoms with van der Waals surface area (Å²) in [5.74, 6) is -1.25. The summed E-state index contributed by atoms with van der Waals surface area (Å²) >= 11 is 0. The summed E-state index contributed by atoms with van der Waals surface area (Å²) in [6.07, 6.45) is 68.5. The Balaban J connectivity index is 5.11. The number of aliphatic hydroxyl groups excluding tert-OH is 1. The van der Waals surface area contributed by atoms with Crippen LogP contribution in [0.3, 0.4) is 0 Å². The molecule has 0 aliphatic rings. The smallest absolute Gasteiger partial charge is 0.462 e. The minimum Gasteiger partial charge on any atom is -0.462 e. The third kappa shape index (κ3) is 74.9. The first-order valence-electron chi connectivity index (χ1n) is 43.2. The third-order valence-electron chi connectivity index (χ3n) is 19.9. The van der Waals surface area contributed by atoms with E-state index in [2.05, 4.69) is 34.6 Å². The maximum absolute atomic E-state index is 13.1. The van der Waals surface area contributed by atoms with E-state index in [0.717, 1.165) is 102 Å². The zero-order valence-electron chi connectivity index (χ0n) is 66.8. The van der Waals surface area contributed by atoms with Gasteiger partial charge < -0.3 is 33.8 Å². The maximum atomic E-state index is 13.1. The largest absolute Gasteiger partial charge is 0.472 e. The van der Waals surface area contributed by atoms with Crippen LogP contribution >= 0.6 is 15.6 Å². The predicted octanol–water partition coefficient (Wildman–Crippen LogP) is 25.2. The fraction of sp³-hybridized carbons (Fsp3) is 0.952. The van der Waals surface area contributed by atoms with Crippen LogP contribution in [0.15, 0.2) is 0 Å². The number of aliphatic hydroxyl groups is 1. The molecule has 0 saturated carbocycles. The van der Waals surface area contributed by atoms with Gasteiger partial charge in [-0.15, -0.1) is 0 Å². The first kappa shape index (κ1) is 100. The molecule has 0 amide bonds. The van der Waals surface area contributed by atoms with Gasteiger partial charge >= 0.3 is 39.5 Å². The molecule has 0 radical (unpaired) electrons. The van der Waals surface area contributed by atoms with Crippen molar-refractivity contribution in [3.05, 3.63) is 0 Å². The van der Waals surface area contributed by atoms with Gasteiger partial charge in [0.25, 0.3) is 0 Å². The zero-order chi connectivity index (χ0) is 74.8. The summed E-state index contributed by atoms with van der Waals surface area (Å²) in [7, 11) is -9.91. The van der Waals surface area contributed by atoms with E-state index in [9.17, 15) is 43.2 Å². The van der Waals surface area contributed by atoms with Crippen LogP contribution in [0.5, 0.6) is 0 Å². The van der Waals surface area contributed by atoms with Crippen LogP contribution in [0.25, 0.3) is 0 Å². The van der Waals surface area contributed by atoms with Crippen molar-refractivity contribution in [3.63, 3.8) is 0 Å². The number of esters is 4. The van der Waals surface area contributed by atoms with Crippen molar-refractivity contribution in [2.24, 2.45) is 5.92 Å². The Kier molecular flexibility index (Phi) is 74.4. The molecule has 0 rings (SSSR count). The number of hydrogen-bond donors (Lipinski definition) is 3. The number of phosphoric acid groups is 2. The van der Waals surface area contributed by atoms with E-state index < -0.39 is 97.5 Å². The van der Waals surface area contributed by atoms with Crippen LogP contribution < -0.4 is 0 Å². The van der Waals surface area contributed by atoms with Crippen molar-refractivity contribution in [2.75, 3.05) is 39.6 Å². The fourth-order valence-corrected chi connectivity index (χ4v) is 14.5. The van der Waals surface area contributed by atoms with Gasteiger partial charge in [-0.05, 0) is 31.6 Å². The summed E-state index contributed by atoms with van der Waals surface area (Å²) in [6, 6.07) is 0. The number of unbranched alkanes of at least 4 members (excludes halogenated alkanes) is 54. The lowest BCUT2D eigenvalue weighted by Gasteiger charge is -2.21. The Morgan fingerprint density at radius 3 is 0.696 bits per heavy atom. The van der Waals surface area contributed by atoms with Crippen molar-refractivity contribution in [1.82, 2.24) is 0 Å². The Morgan fingerprint density at radius 2 is 0.471 bits per heavy atom. The molecule has 0 aliphatic heterocycles. The van der Waals surface area contributed by atoms with Gasteiger partial charge in [0.2, 0.25) is 0 Å². The molecule has 0 aromatic heterocycles. The predicted molar refractivity (Wildman–Crippen MR) is 418 cm³/mol. The molecule has 6 atom stereocenters. The average molecular weight is 1490 g/mol. The topological polar surface area (TPSA) is 237 Å². The summed E-state index contributed by atoms with van der Waals surface area (Å²) in [4.78, 5) is 72.8. The minimum atomic E-state index is -4.96. The van der Waals surface area contributed by atoms with Gasteiger partial charge in [0.1, 0.15) is 19.3 Å². The van der Waals surface area contributed by atoms with Gasteiger partial charge in [-0.25, -0.2) is 9.13 Å². The monoisotopic (exact) mass is 1490 g/mol. The van der Waals surface area contributed by atoms with E-state index in [0.29, 0.717) is 25.7 Å². The molecule has 3 N–H and O–H groups in total. The number of carbonyl (C=O) groups excluding carboxylic acids is 4. The molecule has 102 heavy (non-hydrogen) atoms. The highest BCUT2D eigenvalue weighted by molar-refractivity contribution is 7.47. The Morgan fingerprint density at radius 1 is 0.275 bits per heavy atom. The zero-order valence-corrected chi connectivity index (χ0v) is 68.5. The van der Waals surface area contributed by atoms with E-state index >= 15 is 0 Å². The molecule has 3 unspecified atom stereocenters. The summed E-state index contributed by atoms with van der Waals surface area (Å²) in [5.41, 5.74) is 0. The normalized spacial score (nSPS) is 14.1. The van der Waals surface area contributed by atoms with E-state index in [1.165, 1.54) is 263 Å². The van der Waals surface area contributed by atoms with Gasteiger partial charge in [-0.2, -0.15) is 0 Å². The highest BCUT2D eigenvalue weighted by Gasteiger charge is 2.30. The molecule has 606 valence electrons. The van der Waals surface area contributed by atoms with Gasteiger partial charge in [0, 0.05) is 25.7 Å². The Bertz CT molecular complexity index is 1950. The van der Waals surface area contributed by atoms with Crippen LogP contribution in [0.2, 0.25) is 0 Å². The van der Waals surface area contributed by atoms with Gasteiger partial charge in [-0.1, -0.05) is 394 Å². The van der Waals surface area contributed by atoms with E-state index in [1.54, 1.807) is 0 Å². The second-order valence-corrected chi connectivity index (χ2v) is 33.0. The third-order valence-corrected chi connectivity index (χ3v) is 21.8. The molecule has 0 aromatic carbocycles. The van der Waals surface area contributed by atoms with E-state index in [-0.39, 0.29) is 25.7 Å². The number of ether oxygens (including phenoxy) is 4. The van der Waals surface area contributed by atoms with E-state index in [1.807, 2.05) is 0 Å². The standard InChI is InChI=1S/C83H162O17P2/c1-6-10-13-16-18-20-22-24-26-27-28-29-33-37-40-44-48-52-57-62-67-81(86)94-73-79(100-83(88)69-64-59-54-50-46-42-38-34-31-30-32-36-39-43-47-51-56-60-65-76(5)9-4)75-98-102(91,92)96-71-77(84)70-95-101(89,90)97-74-78(72-93-80(85)66-61-55-15-12-8-3)99-82(87)68-63-58-53-49-45-41-35-25-23-21-19-17-14-11-7-2/h76-79,84H,6-75H2,1-5H3,(H,89,90)(H,91,92)/t76?,77-,78+,79+/m0/s1. The molecule has 0 aromatic rings. The van der Waals surface area contributed by atoms with Crippen molar-refractivity contribution in [2.45, 2.75) is 464 Å². The second-order valence-electron chi connectivity index (χ2n) is 30.1. The van der Waals surface area contributed by atoms with Crippen LogP contribution in [-0.4, -0.2) is 96.7 Å². The SMILES string of the molecule is CCCCCCCCCCCCCCCCCCCCCCC(=O)OC[C@H](COP(=O)(O)OC[C@@H](O)COP(=O)(O)OC[C@@H](COC(=O)CCCCCCC)OC(=O)CCCCCCCCCCCCCCCCC)OC(=O)CCCCCCCCCCCCCCCCCCCCC(C)CC. The highest BCUT2D eigenvalue weighted by atomic mass is 31.2. The molecule has 19 heteroatoms. The Hall–Kier alpha value is -1.94. The molecular formula is C83H162O17P2. The van der Waals surface area contributed by atoms with Crippen LogP contribution in [-0.2, 0) is 65.4 Å². The van der Waals surface area contributed by atoms with Gasteiger partial charge in [-0.3, -0.25) is 37.3 Å². The lowest BCUT2D eigenvalue weighted by molar-refractivity contribution is -0.161. The lowest BCUT2D eigenvalue weighted by atomic mass is 9.99. The molecule has 0 aliphatic carbocycles. The van der Waals surface area contributed by atoms with Crippen molar-refractivity contribution in [3.8, 4) is 0 Å². The first-order valence-corrected chi connectivity index (χ1v) is 46.2. The van der Waals surface area contributed by atoms with Crippen LogP contribution in [0.4, 0.5) is 0 Å². The highest BCUT2D eigenvalue weighted by Crippen LogP contribution is 2.45. The molecular weight excluding hydrogens is 1330 g/mol. The molecule has 0 saturated heterocycles. The number of phosphoric ester groups is 2. The summed E-state index contributed by atoms with van der Waals surface area (Å²) in [5, 5.41) is 10.6. The number of carbonyl (C=O) groups is 4. The van der Waals surface area contributed by atoms with Crippen molar-refractivity contribution >= 4 is 39.5 Å². The summed E-state index contributed by atoms with van der Waals surface area (Å²) < 4.78 is 68.5. The second kappa shape index (κ2) is 75.9. The number of rotatable bonds is 83. The molecule has 0 spiro atoms. The lowest BCUT2D eigenvalue weighted by Crippen LogP contribution is -2.30. The molecule has 17 nitrogen and oxygen atoms in total. The summed E-state index contributed by atoms with van der Waals surface area (Å²) in [6.45, 7) is 7.32. The quantitative estimate of drug-likeness (QED) is 0.0222. The number of hydrogen-bond acceptors (Lipinski definition) is 15. The van der Waals surface area contributed by atoms with Crippen molar-refractivity contribution in [1.29, 1.82) is 0 Å². The fourth-order valence-electron chi connectivity index (χ4n) is 12.9. The van der Waals surface area contributed by atoms with Gasteiger partial charge in [0.05, 0.1) is 26.4 Å². The van der Waals surface area contributed by atoms with Crippen LogP contribution in [0, 0.1) is 5.92 Å². The Labute approximate surface area is 626 Å². The average Bonchev–Trinajstić information content (AvgIpc) is 1.00. The molecule has 0 heterocycles. The first-order chi connectivity index (χ1) is 49.6. The van der Waals surface area contributed by atoms with Crippen molar-refractivity contribution < 1.29 is 80.2 Å². The molecule has 0 fully saturated rings. The van der Waals surface area contributed by atoms with Crippen LogP contribution in [0.1, 0.15) is 446 Å². The van der Waals surface area contributed by atoms with Gasteiger partial charge in [0.15, 0.2) is 12.2 Å². The van der Waals surface area contributed by atoms with E-state index in [4.69, 9.17) is 37.0 Å². The minimum absolute atomic E-state index is 0.108.